The van der Waals surface area contributed by atoms with Crippen molar-refractivity contribution in [2.75, 3.05) is 17.7 Å². The number of rotatable bonds is 10. The minimum absolute atomic E-state index is 0.154. The minimum Gasteiger partial charge on any atom is -0.485 e. The molecule has 1 aliphatic carbocycles. The third-order valence-corrected chi connectivity index (χ3v) is 8.18. The van der Waals surface area contributed by atoms with Gasteiger partial charge in [0, 0.05) is 11.4 Å². The maximum Gasteiger partial charge on any atom is 0.341 e. The zero-order valence-corrected chi connectivity index (χ0v) is 22.1. The number of aryl methyl sites for hydroxylation is 2. The molecule has 0 unspecified atom stereocenters. The number of ether oxygens (including phenoxy) is 2. The van der Waals surface area contributed by atoms with Crippen LogP contribution in [0.25, 0.3) is 0 Å². The monoisotopic (exact) mass is 514 g/mol. The quantitative estimate of drug-likeness (QED) is 0.302. The van der Waals surface area contributed by atoms with Gasteiger partial charge in [0.2, 0.25) is 5.91 Å². The molecular weight excluding hydrogens is 484 g/mol. The van der Waals surface area contributed by atoms with Crippen molar-refractivity contribution in [3.63, 3.8) is 0 Å². The molecule has 0 bridgehead atoms. The van der Waals surface area contributed by atoms with E-state index in [1.807, 2.05) is 30.5 Å². The maximum absolute atomic E-state index is 12.8. The first-order chi connectivity index (χ1) is 16.9. The van der Waals surface area contributed by atoms with Gasteiger partial charge in [-0.25, -0.2) is 4.79 Å². The minimum atomic E-state index is -0.367. The van der Waals surface area contributed by atoms with E-state index < -0.39 is 0 Å². The Kier molecular flexibility index (Phi) is 8.12. The van der Waals surface area contributed by atoms with E-state index in [0.29, 0.717) is 41.3 Å². The molecule has 0 radical (unpaired) electrons. The summed E-state index contributed by atoms with van der Waals surface area (Å²) in [5.41, 5.74) is 3.81. The van der Waals surface area contributed by atoms with Crippen LogP contribution in [0, 0.1) is 13.8 Å². The predicted molar refractivity (Wildman–Crippen MR) is 138 cm³/mol. The van der Waals surface area contributed by atoms with Gasteiger partial charge in [-0.15, -0.1) is 21.5 Å². The molecule has 0 saturated heterocycles. The Morgan fingerprint density at radius 3 is 2.80 bits per heavy atom. The molecule has 3 aromatic rings. The van der Waals surface area contributed by atoms with E-state index in [4.69, 9.17) is 9.47 Å². The number of esters is 1. The Morgan fingerprint density at radius 2 is 2.03 bits per heavy atom. The number of amides is 1. The van der Waals surface area contributed by atoms with E-state index in [9.17, 15) is 9.59 Å². The van der Waals surface area contributed by atoms with Crippen molar-refractivity contribution < 1.29 is 19.1 Å². The normalized spacial score (nSPS) is 12.5. The van der Waals surface area contributed by atoms with Gasteiger partial charge in [-0.2, -0.15) is 0 Å². The summed E-state index contributed by atoms with van der Waals surface area (Å²) >= 11 is 2.79. The van der Waals surface area contributed by atoms with Gasteiger partial charge in [0.25, 0.3) is 0 Å². The van der Waals surface area contributed by atoms with Gasteiger partial charge in [0.15, 0.2) is 11.0 Å². The second kappa shape index (κ2) is 11.3. The summed E-state index contributed by atoms with van der Waals surface area (Å²) < 4.78 is 13.2. The van der Waals surface area contributed by atoms with E-state index in [0.717, 1.165) is 41.0 Å². The molecule has 0 atom stereocenters. The molecule has 1 N–H and O–H groups in total. The van der Waals surface area contributed by atoms with E-state index in [1.165, 1.54) is 28.7 Å². The van der Waals surface area contributed by atoms with Crippen molar-refractivity contribution in [1.29, 1.82) is 0 Å². The van der Waals surface area contributed by atoms with E-state index in [2.05, 4.69) is 28.5 Å². The first-order valence-electron chi connectivity index (χ1n) is 11.8. The zero-order chi connectivity index (χ0) is 24.9. The number of carbonyl (C=O) groups is 2. The van der Waals surface area contributed by atoms with Crippen LogP contribution < -0.4 is 10.1 Å². The lowest BCUT2D eigenvalue weighted by Crippen LogP contribution is -2.17. The van der Waals surface area contributed by atoms with Crippen molar-refractivity contribution in [2.24, 2.45) is 0 Å². The fourth-order valence-electron chi connectivity index (χ4n) is 4.08. The van der Waals surface area contributed by atoms with E-state index >= 15 is 0 Å². The number of nitrogens with zero attached hydrogens (tertiary/aromatic N) is 3. The molecular formula is C25H30N4O4S2. The van der Waals surface area contributed by atoms with Crippen LogP contribution in [0.2, 0.25) is 0 Å². The van der Waals surface area contributed by atoms with E-state index in [-0.39, 0.29) is 17.6 Å². The number of anilines is 1. The zero-order valence-electron chi connectivity index (χ0n) is 20.5. The average Bonchev–Trinajstić information content (AvgIpc) is 3.53. The highest BCUT2D eigenvalue weighted by Crippen LogP contribution is 2.39. The lowest BCUT2D eigenvalue weighted by molar-refractivity contribution is -0.113. The summed E-state index contributed by atoms with van der Waals surface area (Å²) in [6.45, 7) is 9.13. The number of thiophene rings is 1. The van der Waals surface area contributed by atoms with Gasteiger partial charge in [0.05, 0.1) is 17.9 Å². The van der Waals surface area contributed by atoms with Gasteiger partial charge in [-0.05, 0) is 69.7 Å². The number of thioether (sulfide) groups is 1. The van der Waals surface area contributed by atoms with Crippen molar-refractivity contribution in [3.05, 3.63) is 51.2 Å². The van der Waals surface area contributed by atoms with Crippen molar-refractivity contribution in [3.8, 4) is 5.75 Å². The van der Waals surface area contributed by atoms with Crippen molar-refractivity contribution >= 4 is 40.0 Å². The lowest BCUT2D eigenvalue weighted by Gasteiger charge is -2.12. The number of carbonyl (C=O) groups excluding carboxylic acids is 2. The van der Waals surface area contributed by atoms with Gasteiger partial charge in [-0.1, -0.05) is 23.9 Å². The first-order valence-corrected chi connectivity index (χ1v) is 13.6. The Morgan fingerprint density at radius 1 is 1.20 bits per heavy atom. The van der Waals surface area contributed by atoms with Gasteiger partial charge >= 0.3 is 5.97 Å². The molecule has 4 rings (SSSR count). The first kappa shape index (κ1) is 25.2. The fraction of sp³-hybridized carbons (Fsp3) is 0.440. The SMILES string of the molecule is CCOC(=O)c1c(NC(=O)CSc2nnc(COc3cccc(C)c3C)n2CC)sc2c1CCC2. The maximum atomic E-state index is 12.8. The number of hydrogen-bond acceptors (Lipinski definition) is 8. The van der Waals surface area contributed by atoms with Crippen LogP contribution in [0.15, 0.2) is 23.4 Å². The summed E-state index contributed by atoms with van der Waals surface area (Å²) in [5.74, 6) is 1.12. The molecule has 35 heavy (non-hydrogen) atoms. The van der Waals surface area contributed by atoms with Crippen LogP contribution >= 0.6 is 23.1 Å². The number of hydrogen-bond donors (Lipinski definition) is 1. The Balaban J connectivity index is 1.40. The summed E-state index contributed by atoms with van der Waals surface area (Å²) in [4.78, 5) is 26.5. The highest BCUT2D eigenvalue weighted by atomic mass is 32.2. The van der Waals surface area contributed by atoms with Crippen molar-refractivity contribution in [2.45, 2.75) is 65.3 Å². The largest absolute Gasteiger partial charge is 0.485 e. The number of fused-ring (bicyclic) bond motifs is 1. The molecule has 186 valence electrons. The van der Waals surface area contributed by atoms with Crippen LogP contribution in [0.3, 0.4) is 0 Å². The number of benzene rings is 1. The molecule has 2 aromatic heterocycles. The van der Waals surface area contributed by atoms with E-state index in [1.54, 1.807) is 6.92 Å². The summed E-state index contributed by atoms with van der Waals surface area (Å²) in [6, 6.07) is 5.97. The molecule has 1 aliphatic rings. The molecule has 0 spiro atoms. The molecule has 0 fully saturated rings. The smallest absolute Gasteiger partial charge is 0.341 e. The third-order valence-electron chi connectivity index (χ3n) is 6.01. The number of nitrogens with one attached hydrogen (secondary N) is 1. The van der Waals surface area contributed by atoms with Crippen LogP contribution in [-0.4, -0.2) is 39.0 Å². The summed E-state index contributed by atoms with van der Waals surface area (Å²) in [5, 5.41) is 12.7. The van der Waals surface area contributed by atoms with Gasteiger partial charge < -0.3 is 19.4 Å². The molecule has 10 heteroatoms. The van der Waals surface area contributed by atoms with Gasteiger partial charge in [0.1, 0.15) is 17.4 Å². The Bertz CT molecular complexity index is 1230. The van der Waals surface area contributed by atoms with Crippen LogP contribution in [0.4, 0.5) is 5.00 Å². The lowest BCUT2D eigenvalue weighted by atomic mass is 10.1. The Hall–Kier alpha value is -2.85. The second-order valence-corrected chi connectivity index (χ2v) is 10.3. The molecule has 8 nitrogen and oxygen atoms in total. The summed E-state index contributed by atoms with van der Waals surface area (Å²) in [6.07, 6.45) is 2.81. The Labute approximate surface area is 213 Å². The molecule has 0 saturated carbocycles. The molecule has 2 heterocycles. The molecule has 0 aliphatic heterocycles. The third kappa shape index (κ3) is 5.54. The highest BCUT2D eigenvalue weighted by Gasteiger charge is 2.28. The van der Waals surface area contributed by atoms with Crippen LogP contribution in [0.1, 0.15) is 58.0 Å². The number of aromatic nitrogens is 3. The highest BCUT2D eigenvalue weighted by molar-refractivity contribution is 7.99. The van der Waals surface area contributed by atoms with Crippen LogP contribution in [0.5, 0.6) is 5.75 Å². The standard InChI is InChI=1S/C25H30N4O4S2/c1-5-29-20(13-33-18-11-7-9-15(3)16(18)4)27-28-25(29)34-14-21(30)26-23-22(24(31)32-6-2)17-10-8-12-19(17)35-23/h7,9,11H,5-6,8,10,12-14H2,1-4H3,(H,26,30). The average molecular weight is 515 g/mol. The second-order valence-electron chi connectivity index (χ2n) is 8.25. The summed E-state index contributed by atoms with van der Waals surface area (Å²) in [7, 11) is 0. The van der Waals surface area contributed by atoms with Crippen molar-refractivity contribution in [1.82, 2.24) is 14.8 Å². The van der Waals surface area contributed by atoms with Gasteiger partial charge in [-0.3, -0.25) is 4.79 Å². The fourth-order valence-corrected chi connectivity index (χ4v) is 6.19. The molecule has 1 amide bonds. The molecule has 1 aromatic carbocycles. The van der Waals surface area contributed by atoms with Crippen LogP contribution in [-0.2, 0) is 35.5 Å². The topological polar surface area (TPSA) is 95.3 Å². The predicted octanol–water partition coefficient (Wildman–Crippen LogP) is 4.95.